The summed E-state index contributed by atoms with van der Waals surface area (Å²) < 4.78 is 1.58. The molecule has 2 rings (SSSR count). The van der Waals surface area contributed by atoms with Gasteiger partial charge in [0, 0.05) is 18.7 Å². The standard InChI is InChI=1S/C18H22N2O2S/c1-4-10-20-17(22)15(11-14-8-6-5-7-9-14)16(21)19-18(20)23-12-13(2)3/h4-9,13,21H,1,10-12H2,2-3H3. The van der Waals surface area contributed by atoms with Gasteiger partial charge >= 0.3 is 0 Å². The number of nitrogens with zero attached hydrogens (tertiary/aromatic N) is 2. The minimum atomic E-state index is -0.201. The molecule has 0 bridgehead atoms. The van der Waals surface area contributed by atoms with E-state index in [9.17, 15) is 9.90 Å². The molecular weight excluding hydrogens is 308 g/mol. The highest BCUT2D eigenvalue weighted by atomic mass is 32.2. The predicted octanol–water partition coefficient (Wildman–Crippen LogP) is 3.47. The number of aromatic nitrogens is 2. The lowest BCUT2D eigenvalue weighted by atomic mass is 10.1. The molecule has 1 aromatic heterocycles. The summed E-state index contributed by atoms with van der Waals surface area (Å²) in [6, 6.07) is 9.60. The van der Waals surface area contributed by atoms with Crippen LogP contribution in [0.15, 0.2) is 52.9 Å². The van der Waals surface area contributed by atoms with Gasteiger partial charge in [-0.1, -0.05) is 62.0 Å². The number of aromatic hydroxyl groups is 1. The van der Waals surface area contributed by atoms with Crippen LogP contribution in [0.3, 0.4) is 0 Å². The molecule has 1 aromatic carbocycles. The second kappa shape index (κ2) is 8.02. The molecule has 0 spiro atoms. The van der Waals surface area contributed by atoms with Gasteiger partial charge in [0.1, 0.15) is 0 Å². The minimum absolute atomic E-state index is 0.176. The highest BCUT2D eigenvalue weighted by molar-refractivity contribution is 7.99. The molecule has 0 radical (unpaired) electrons. The molecule has 0 aliphatic heterocycles. The van der Waals surface area contributed by atoms with Crippen molar-refractivity contribution in [1.82, 2.24) is 9.55 Å². The van der Waals surface area contributed by atoms with Crippen LogP contribution >= 0.6 is 11.8 Å². The van der Waals surface area contributed by atoms with E-state index in [2.05, 4.69) is 25.4 Å². The average molecular weight is 330 g/mol. The van der Waals surface area contributed by atoms with Crippen molar-refractivity contribution in [2.45, 2.75) is 32.0 Å². The quantitative estimate of drug-likeness (QED) is 0.480. The molecule has 0 fully saturated rings. The number of allylic oxidation sites excluding steroid dienone is 1. The number of rotatable bonds is 7. The van der Waals surface area contributed by atoms with Crippen LogP contribution in [0.1, 0.15) is 25.0 Å². The van der Waals surface area contributed by atoms with Crippen LogP contribution in [0.4, 0.5) is 0 Å². The molecule has 2 aromatic rings. The van der Waals surface area contributed by atoms with Crippen LogP contribution < -0.4 is 5.56 Å². The fourth-order valence-corrected chi connectivity index (χ4v) is 3.11. The van der Waals surface area contributed by atoms with Crippen LogP contribution in [-0.2, 0) is 13.0 Å². The lowest BCUT2D eigenvalue weighted by Gasteiger charge is -2.14. The van der Waals surface area contributed by atoms with Crippen LogP contribution in [0.5, 0.6) is 5.88 Å². The van der Waals surface area contributed by atoms with Crippen molar-refractivity contribution in [3.8, 4) is 5.88 Å². The van der Waals surface area contributed by atoms with Gasteiger partial charge in [0.05, 0.1) is 5.56 Å². The number of thioether (sulfide) groups is 1. The van der Waals surface area contributed by atoms with Crippen molar-refractivity contribution in [3.05, 3.63) is 64.5 Å². The molecule has 0 atom stereocenters. The van der Waals surface area contributed by atoms with Gasteiger partial charge in [-0.15, -0.1) is 6.58 Å². The van der Waals surface area contributed by atoms with E-state index in [4.69, 9.17) is 0 Å². The zero-order valence-corrected chi connectivity index (χ0v) is 14.3. The Labute approximate surface area is 140 Å². The maximum atomic E-state index is 12.8. The van der Waals surface area contributed by atoms with Gasteiger partial charge in [0.15, 0.2) is 5.16 Å². The zero-order valence-electron chi connectivity index (χ0n) is 13.5. The van der Waals surface area contributed by atoms with E-state index >= 15 is 0 Å². The Bertz CT molecular complexity index is 724. The summed E-state index contributed by atoms with van der Waals surface area (Å²) >= 11 is 1.48. The smallest absolute Gasteiger partial charge is 0.261 e. The maximum Gasteiger partial charge on any atom is 0.261 e. The van der Waals surface area contributed by atoms with E-state index in [1.54, 1.807) is 10.6 Å². The molecule has 122 valence electrons. The third-order valence-corrected chi connectivity index (χ3v) is 4.69. The summed E-state index contributed by atoms with van der Waals surface area (Å²) in [4.78, 5) is 17.0. The van der Waals surface area contributed by atoms with Crippen molar-refractivity contribution < 1.29 is 5.11 Å². The van der Waals surface area contributed by atoms with Gasteiger partial charge in [0.25, 0.3) is 5.56 Å². The molecule has 0 aliphatic carbocycles. The van der Waals surface area contributed by atoms with Crippen LogP contribution in [0.25, 0.3) is 0 Å². The van der Waals surface area contributed by atoms with Crippen LogP contribution in [0, 0.1) is 5.92 Å². The summed E-state index contributed by atoms with van der Waals surface area (Å²) in [5.74, 6) is 1.13. The van der Waals surface area contributed by atoms with E-state index in [-0.39, 0.29) is 11.4 Å². The Balaban J connectivity index is 2.42. The van der Waals surface area contributed by atoms with E-state index in [0.29, 0.717) is 29.6 Å². The Morgan fingerprint density at radius 1 is 1.35 bits per heavy atom. The molecule has 1 N–H and O–H groups in total. The second-order valence-corrected chi connectivity index (χ2v) is 6.76. The van der Waals surface area contributed by atoms with Gasteiger partial charge in [-0.05, 0) is 11.5 Å². The van der Waals surface area contributed by atoms with Crippen molar-refractivity contribution in [3.63, 3.8) is 0 Å². The summed E-state index contributed by atoms with van der Waals surface area (Å²) in [7, 11) is 0. The first-order valence-electron chi connectivity index (χ1n) is 7.63. The molecule has 0 saturated heterocycles. The second-order valence-electron chi connectivity index (χ2n) is 5.77. The van der Waals surface area contributed by atoms with Gasteiger partial charge < -0.3 is 5.11 Å². The highest BCUT2D eigenvalue weighted by Gasteiger charge is 2.16. The SMILES string of the molecule is C=CCn1c(SCC(C)C)nc(O)c(Cc2ccccc2)c1=O. The molecule has 0 amide bonds. The largest absolute Gasteiger partial charge is 0.493 e. The molecule has 4 nitrogen and oxygen atoms in total. The molecule has 23 heavy (non-hydrogen) atoms. The molecule has 5 heteroatoms. The molecule has 0 aliphatic rings. The highest BCUT2D eigenvalue weighted by Crippen LogP contribution is 2.22. The van der Waals surface area contributed by atoms with Crippen molar-refractivity contribution in [1.29, 1.82) is 0 Å². The molecule has 1 heterocycles. The van der Waals surface area contributed by atoms with Crippen molar-refractivity contribution >= 4 is 11.8 Å². The van der Waals surface area contributed by atoms with Gasteiger partial charge in [-0.3, -0.25) is 9.36 Å². The lowest BCUT2D eigenvalue weighted by Crippen LogP contribution is -2.26. The van der Waals surface area contributed by atoms with Crippen molar-refractivity contribution in [2.24, 2.45) is 5.92 Å². The summed E-state index contributed by atoms with van der Waals surface area (Å²) in [5.41, 5.74) is 1.09. The van der Waals surface area contributed by atoms with E-state index in [1.165, 1.54) is 11.8 Å². The van der Waals surface area contributed by atoms with Crippen LogP contribution in [0.2, 0.25) is 0 Å². The average Bonchev–Trinajstić information content (AvgIpc) is 2.53. The van der Waals surface area contributed by atoms with E-state index < -0.39 is 0 Å². The molecule has 0 unspecified atom stereocenters. The fraction of sp³-hybridized carbons (Fsp3) is 0.333. The number of hydrogen-bond acceptors (Lipinski definition) is 4. The third-order valence-electron chi connectivity index (χ3n) is 3.29. The fourth-order valence-electron chi connectivity index (χ4n) is 2.16. The van der Waals surface area contributed by atoms with E-state index in [1.807, 2.05) is 30.3 Å². The topological polar surface area (TPSA) is 55.1 Å². The lowest BCUT2D eigenvalue weighted by molar-refractivity contribution is 0.427. The molecular formula is C18H22N2O2S. The first kappa shape index (κ1) is 17.3. The Kier molecular flexibility index (Phi) is 6.04. The number of hydrogen-bond donors (Lipinski definition) is 1. The van der Waals surface area contributed by atoms with Crippen LogP contribution in [-0.4, -0.2) is 20.4 Å². The summed E-state index contributed by atoms with van der Waals surface area (Å²) in [5, 5.41) is 10.8. The summed E-state index contributed by atoms with van der Waals surface area (Å²) in [6.45, 7) is 8.30. The van der Waals surface area contributed by atoms with Crippen molar-refractivity contribution in [2.75, 3.05) is 5.75 Å². The third kappa shape index (κ3) is 4.48. The van der Waals surface area contributed by atoms with Gasteiger partial charge in [-0.2, -0.15) is 4.98 Å². The Morgan fingerprint density at radius 3 is 2.65 bits per heavy atom. The first-order valence-corrected chi connectivity index (χ1v) is 8.61. The normalized spacial score (nSPS) is 10.9. The molecule has 0 saturated carbocycles. The number of benzene rings is 1. The summed E-state index contributed by atoms with van der Waals surface area (Å²) in [6.07, 6.45) is 2.04. The Morgan fingerprint density at radius 2 is 2.04 bits per heavy atom. The predicted molar refractivity (Wildman–Crippen MR) is 95.2 cm³/mol. The first-order chi connectivity index (χ1) is 11.0. The van der Waals surface area contributed by atoms with Gasteiger partial charge in [0.2, 0.25) is 5.88 Å². The monoisotopic (exact) mass is 330 g/mol. The minimum Gasteiger partial charge on any atom is -0.493 e. The van der Waals surface area contributed by atoms with Gasteiger partial charge in [-0.25, -0.2) is 0 Å². The maximum absolute atomic E-state index is 12.8. The zero-order chi connectivity index (χ0) is 16.8. The Hall–Kier alpha value is -2.01. The van der Waals surface area contributed by atoms with E-state index in [0.717, 1.165) is 11.3 Å².